The summed E-state index contributed by atoms with van der Waals surface area (Å²) in [6.07, 6.45) is 0. The highest BCUT2D eigenvalue weighted by molar-refractivity contribution is 5.89. The van der Waals surface area contributed by atoms with Crippen molar-refractivity contribution in [2.45, 2.75) is 20.8 Å². The van der Waals surface area contributed by atoms with E-state index >= 15 is 0 Å². The Balaban J connectivity index is 1.83. The number of aryl methyl sites for hydroxylation is 2. The normalized spacial score (nSPS) is 10.3. The molecule has 0 aliphatic heterocycles. The van der Waals surface area contributed by atoms with Crippen LogP contribution in [0.2, 0.25) is 0 Å². The van der Waals surface area contributed by atoms with Crippen molar-refractivity contribution >= 4 is 11.9 Å². The van der Waals surface area contributed by atoms with Crippen molar-refractivity contribution in [1.29, 1.82) is 0 Å². The zero-order valence-electron chi connectivity index (χ0n) is 15.8. The molecule has 0 spiro atoms. The largest absolute Gasteiger partial charge is 0.481 e. The fourth-order valence-corrected chi connectivity index (χ4v) is 2.40. The minimum atomic E-state index is -0.523. The lowest BCUT2D eigenvalue weighted by Crippen LogP contribution is -2.18. The summed E-state index contributed by atoms with van der Waals surface area (Å²) < 4.78 is 21.0. The van der Waals surface area contributed by atoms with Crippen molar-refractivity contribution in [3.05, 3.63) is 59.2 Å². The second-order valence-electron chi connectivity index (χ2n) is 5.84. The van der Waals surface area contributed by atoms with Gasteiger partial charge in [-0.1, -0.05) is 18.2 Å². The number of rotatable bonds is 9. The first kappa shape index (κ1) is 20.5. The molecular weight excluding hydrogens is 348 g/mol. The summed E-state index contributed by atoms with van der Waals surface area (Å²) in [7, 11) is 0. The quantitative estimate of drug-likeness (QED) is 0.381. The molecule has 0 fully saturated rings. The van der Waals surface area contributed by atoms with Gasteiger partial charge in [0, 0.05) is 6.61 Å². The van der Waals surface area contributed by atoms with Crippen LogP contribution in [0.25, 0.3) is 0 Å². The fraction of sp³-hybridized carbons (Fsp3) is 0.333. The summed E-state index contributed by atoms with van der Waals surface area (Å²) in [6, 6.07) is 11.9. The van der Waals surface area contributed by atoms with Crippen LogP contribution in [0.15, 0.2) is 42.5 Å². The predicted octanol–water partition coefficient (Wildman–Crippen LogP) is 3.48. The van der Waals surface area contributed by atoms with E-state index in [1.54, 1.807) is 0 Å². The maximum absolute atomic E-state index is 12.0. The van der Waals surface area contributed by atoms with E-state index in [4.69, 9.17) is 18.9 Å². The smallest absolute Gasteiger partial charge is 0.349 e. The van der Waals surface area contributed by atoms with Gasteiger partial charge < -0.3 is 18.9 Å². The van der Waals surface area contributed by atoms with Gasteiger partial charge in [-0.2, -0.15) is 0 Å². The van der Waals surface area contributed by atoms with Crippen molar-refractivity contribution in [2.75, 3.05) is 26.4 Å². The maximum atomic E-state index is 12.0. The van der Waals surface area contributed by atoms with Crippen LogP contribution in [0.1, 0.15) is 28.4 Å². The summed E-state index contributed by atoms with van der Waals surface area (Å²) in [5.41, 5.74) is 2.28. The van der Waals surface area contributed by atoms with Crippen molar-refractivity contribution in [3.63, 3.8) is 0 Å². The molecule has 0 N–H and O–H groups in total. The maximum Gasteiger partial charge on any atom is 0.349 e. The van der Waals surface area contributed by atoms with E-state index in [2.05, 4.69) is 0 Å². The molecule has 0 bridgehead atoms. The third kappa shape index (κ3) is 6.42. The molecule has 0 aliphatic carbocycles. The molecule has 0 atom stereocenters. The van der Waals surface area contributed by atoms with E-state index in [1.807, 2.05) is 39.0 Å². The third-order valence-corrected chi connectivity index (χ3v) is 3.73. The Labute approximate surface area is 159 Å². The number of para-hydroxylation sites is 1. The molecule has 0 radical (unpaired) electrons. The molecule has 0 aromatic heterocycles. The van der Waals surface area contributed by atoms with Crippen molar-refractivity contribution < 1.29 is 28.5 Å². The molecule has 2 aromatic carbocycles. The van der Waals surface area contributed by atoms with E-state index in [-0.39, 0.29) is 13.2 Å². The van der Waals surface area contributed by atoms with Crippen LogP contribution < -0.4 is 9.47 Å². The molecule has 0 unspecified atom stereocenters. The standard InChI is InChI=1S/C21H24O6/c1-4-24-12-13-25-21(23)17-8-10-18(11-9-17)27-19(22)14-26-20-15(2)6-5-7-16(20)3/h5-11H,4,12-14H2,1-3H3. The number of carbonyl (C=O) groups is 2. The minimum Gasteiger partial charge on any atom is -0.481 e. The molecule has 27 heavy (non-hydrogen) atoms. The first-order valence-corrected chi connectivity index (χ1v) is 8.76. The number of hydrogen-bond acceptors (Lipinski definition) is 6. The SMILES string of the molecule is CCOCCOC(=O)c1ccc(OC(=O)COc2c(C)cccc2C)cc1. The average molecular weight is 372 g/mol. The van der Waals surface area contributed by atoms with E-state index < -0.39 is 11.9 Å². The Morgan fingerprint density at radius 1 is 0.926 bits per heavy atom. The summed E-state index contributed by atoms with van der Waals surface area (Å²) in [6.45, 7) is 6.63. The Hall–Kier alpha value is -2.86. The predicted molar refractivity (Wildman–Crippen MR) is 100 cm³/mol. The van der Waals surface area contributed by atoms with Gasteiger partial charge in [0.1, 0.15) is 18.1 Å². The monoisotopic (exact) mass is 372 g/mol. The second kappa shape index (κ2) is 10.3. The zero-order chi connectivity index (χ0) is 19.6. The summed E-state index contributed by atoms with van der Waals surface area (Å²) >= 11 is 0. The van der Waals surface area contributed by atoms with Gasteiger partial charge in [-0.05, 0) is 56.2 Å². The van der Waals surface area contributed by atoms with Crippen molar-refractivity contribution in [2.24, 2.45) is 0 Å². The van der Waals surface area contributed by atoms with E-state index in [1.165, 1.54) is 24.3 Å². The third-order valence-electron chi connectivity index (χ3n) is 3.73. The molecule has 0 saturated carbocycles. The van der Waals surface area contributed by atoms with Gasteiger partial charge >= 0.3 is 11.9 Å². The number of carbonyl (C=O) groups excluding carboxylic acids is 2. The topological polar surface area (TPSA) is 71.1 Å². The second-order valence-corrected chi connectivity index (χ2v) is 5.84. The highest BCUT2D eigenvalue weighted by Gasteiger charge is 2.11. The number of hydrogen-bond donors (Lipinski definition) is 0. The van der Waals surface area contributed by atoms with E-state index in [9.17, 15) is 9.59 Å². The molecule has 0 saturated heterocycles. The van der Waals surface area contributed by atoms with Crippen LogP contribution in [0.5, 0.6) is 11.5 Å². The van der Waals surface area contributed by atoms with Gasteiger partial charge in [0.2, 0.25) is 0 Å². The molecule has 2 rings (SSSR count). The minimum absolute atomic E-state index is 0.194. The molecule has 0 heterocycles. The van der Waals surface area contributed by atoms with Gasteiger partial charge in [-0.25, -0.2) is 9.59 Å². The van der Waals surface area contributed by atoms with Crippen LogP contribution in [-0.2, 0) is 14.3 Å². The van der Waals surface area contributed by atoms with Gasteiger partial charge in [-0.15, -0.1) is 0 Å². The number of esters is 2. The number of ether oxygens (including phenoxy) is 4. The lowest BCUT2D eigenvalue weighted by molar-refractivity contribution is -0.136. The molecule has 0 amide bonds. The van der Waals surface area contributed by atoms with Crippen LogP contribution in [0.3, 0.4) is 0 Å². The Kier molecular flexibility index (Phi) is 7.82. The molecule has 2 aromatic rings. The average Bonchev–Trinajstić information content (AvgIpc) is 2.65. The molecule has 0 aliphatic rings. The van der Waals surface area contributed by atoms with Crippen LogP contribution in [0, 0.1) is 13.8 Å². The van der Waals surface area contributed by atoms with Crippen molar-refractivity contribution in [3.8, 4) is 11.5 Å². The van der Waals surface area contributed by atoms with Crippen molar-refractivity contribution in [1.82, 2.24) is 0 Å². The van der Waals surface area contributed by atoms with E-state index in [0.29, 0.717) is 30.3 Å². The molecule has 6 heteroatoms. The fourth-order valence-electron chi connectivity index (χ4n) is 2.40. The summed E-state index contributed by atoms with van der Waals surface area (Å²) in [5, 5.41) is 0. The van der Waals surface area contributed by atoms with Gasteiger partial charge in [0.25, 0.3) is 0 Å². The zero-order valence-corrected chi connectivity index (χ0v) is 15.8. The molecule has 6 nitrogen and oxygen atoms in total. The Morgan fingerprint density at radius 2 is 1.59 bits per heavy atom. The van der Waals surface area contributed by atoms with Crippen LogP contribution in [0.4, 0.5) is 0 Å². The molecule has 144 valence electrons. The lowest BCUT2D eigenvalue weighted by atomic mass is 10.1. The first-order chi connectivity index (χ1) is 13.0. The van der Waals surface area contributed by atoms with Crippen LogP contribution >= 0.6 is 0 Å². The Morgan fingerprint density at radius 3 is 2.22 bits per heavy atom. The summed E-state index contributed by atoms with van der Waals surface area (Å²) in [5.74, 6) is 0.0335. The molecular formula is C21H24O6. The Bertz CT molecular complexity index is 746. The first-order valence-electron chi connectivity index (χ1n) is 8.76. The van der Waals surface area contributed by atoms with Crippen LogP contribution in [-0.4, -0.2) is 38.4 Å². The van der Waals surface area contributed by atoms with Gasteiger partial charge in [0.05, 0.1) is 12.2 Å². The van der Waals surface area contributed by atoms with E-state index in [0.717, 1.165) is 11.1 Å². The highest BCUT2D eigenvalue weighted by atomic mass is 16.6. The van der Waals surface area contributed by atoms with Gasteiger partial charge in [-0.3, -0.25) is 0 Å². The highest BCUT2D eigenvalue weighted by Crippen LogP contribution is 2.22. The lowest BCUT2D eigenvalue weighted by Gasteiger charge is -2.11. The number of benzene rings is 2. The summed E-state index contributed by atoms with van der Waals surface area (Å²) in [4.78, 5) is 23.8. The van der Waals surface area contributed by atoms with Gasteiger partial charge in [0.15, 0.2) is 6.61 Å².